The second-order valence-electron chi connectivity index (χ2n) is 7.97. The van der Waals surface area contributed by atoms with E-state index in [1.807, 2.05) is 24.4 Å². The molecule has 1 aliphatic rings. The Morgan fingerprint density at radius 1 is 1.00 bits per heavy atom. The lowest BCUT2D eigenvalue weighted by molar-refractivity contribution is 0.321. The van der Waals surface area contributed by atoms with Crippen LogP contribution in [-0.2, 0) is 6.42 Å². The number of anilines is 1. The van der Waals surface area contributed by atoms with Crippen molar-refractivity contribution in [3.63, 3.8) is 0 Å². The largest absolute Gasteiger partial charge is 0.488 e. The van der Waals surface area contributed by atoms with Crippen LogP contribution in [-0.4, -0.2) is 18.1 Å². The molecule has 0 amide bonds. The Labute approximate surface area is 172 Å². The highest BCUT2D eigenvalue weighted by atomic mass is 16.5. The fraction of sp³-hybridized carbons (Fsp3) is 0.320. The molecule has 3 aromatic rings. The highest BCUT2D eigenvalue weighted by Gasteiger charge is 2.15. The zero-order valence-corrected chi connectivity index (χ0v) is 17.3. The minimum atomic E-state index is 0.332. The van der Waals surface area contributed by atoms with E-state index in [9.17, 15) is 0 Å². The van der Waals surface area contributed by atoms with Crippen LogP contribution in [0.4, 0.5) is 5.82 Å². The van der Waals surface area contributed by atoms with Crippen molar-refractivity contribution in [2.75, 3.05) is 18.5 Å². The van der Waals surface area contributed by atoms with Gasteiger partial charge in [-0.25, -0.2) is 4.98 Å². The molecule has 4 nitrogen and oxygen atoms in total. The molecule has 0 saturated heterocycles. The first-order chi connectivity index (χ1) is 14.1. The Hall–Kier alpha value is -3.01. The molecule has 1 aliphatic heterocycles. The highest BCUT2D eigenvalue weighted by molar-refractivity contribution is 5.53. The summed E-state index contributed by atoms with van der Waals surface area (Å²) in [5.74, 6) is 4.27. The summed E-state index contributed by atoms with van der Waals surface area (Å²) >= 11 is 0. The topological polar surface area (TPSA) is 43.4 Å². The maximum atomic E-state index is 6.07. The van der Waals surface area contributed by atoms with E-state index >= 15 is 0 Å². The van der Waals surface area contributed by atoms with Gasteiger partial charge in [0.05, 0.1) is 6.54 Å². The summed E-state index contributed by atoms with van der Waals surface area (Å²) in [5, 5.41) is 3.27. The molecule has 150 valence electrons. The number of pyridine rings is 1. The number of aromatic nitrogens is 1. The zero-order chi connectivity index (χ0) is 20.2. The summed E-state index contributed by atoms with van der Waals surface area (Å²) in [6, 6.07) is 18.8. The van der Waals surface area contributed by atoms with E-state index in [2.05, 4.69) is 67.5 Å². The molecule has 2 heterocycles. The summed E-state index contributed by atoms with van der Waals surface area (Å²) in [5.41, 5.74) is 3.74. The van der Waals surface area contributed by atoms with Crippen LogP contribution in [0.25, 0.3) is 0 Å². The lowest BCUT2D eigenvalue weighted by atomic mass is 9.94. The van der Waals surface area contributed by atoms with Crippen LogP contribution in [0, 0.1) is 0 Å². The molecule has 0 fully saturated rings. The fourth-order valence-electron chi connectivity index (χ4n) is 3.57. The molecule has 29 heavy (non-hydrogen) atoms. The van der Waals surface area contributed by atoms with Crippen molar-refractivity contribution in [2.24, 2.45) is 0 Å². The molecule has 0 saturated carbocycles. The van der Waals surface area contributed by atoms with Gasteiger partial charge >= 0.3 is 0 Å². The van der Waals surface area contributed by atoms with Gasteiger partial charge in [-0.1, -0.05) is 45.0 Å². The van der Waals surface area contributed by atoms with Crippen LogP contribution >= 0.6 is 0 Å². The van der Waals surface area contributed by atoms with Crippen LogP contribution in [0.15, 0.2) is 60.8 Å². The highest BCUT2D eigenvalue weighted by Crippen LogP contribution is 2.31. The van der Waals surface area contributed by atoms with Gasteiger partial charge in [0.1, 0.15) is 18.1 Å². The number of rotatable bonds is 6. The van der Waals surface area contributed by atoms with Crippen LogP contribution in [0.5, 0.6) is 17.2 Å². The van der Waals surface area contributed by atoms with Crippen molar-refractivity contribution in [2.45, 2.75) is 39.0 Å². The van der Waals surface area contributed by atoms with Crippen molar-refractivity contribution in [3.8, 4) is 17.2 Å². The summed E-state index contributed by atoms with van der Waals surface area (Å²) in [4.78, 5) is 4.51. The molecule has 4 heteroatoms. The third kappa shape index (κ3) is 4.70. The van der Waals surface area contributed by atoms with E-state index in [0.29, 0.717) is 18.4 Å². The second kappa shape index (κ2) is 8.56. The number of hydrogen-bond acceptors (Lipinski definition) is 4. The van der Waals surface area contributed by atoms with Gasteiger partial charge in [-0.3, -0.25) is 0 Å². The van der Waals surface area contributed by atoms with Crippen molar-refractivity contribution in [3.05, 3.63) is 77.5 Å². The van der Waals surface area contributed by atoms with E-state index in [4.69, 9.17) is 9.47 Å². The normalized spacial score (nSPS) is 13.9. The molecule has 1 N–H and O–H groups in total. The molecule has 1 aromatic heterocycles. The minimum absolute atomic E-state index is 0.332. The van der Waals surface area contributed by atoms with Gasteiger partial charge in [-0.05, 0) is 65.3 Å². The Bertz CT molecular complexity index is 967. The maximum Gasteiger partial charge on any atom is 0.168 e. The predicted molar refractivity (Wildman–Crippen MR) is 117 cm³/mol. The molecule has 0 spiro atoms. The quantitative estimate of drug-likeness (QED) is 0.550. The number of nitrogens with zero attached hydrogens (tertiary/aromatic N) is 1. The molecule has 1 atom stereocenters. The summed E-state index contributed by atoms with van der Waals surface area (Å²) in [6.07, 6.45) is 2.86. The Morgan fingerprint density at radius 3 is 2.62 bits per heavy atom. The van der Waals surface area contributed by atoms with Gasteiger partial charge in [-0.15, -0.1) is 0 Å². The van der Waals surface area contributed by atoms with Crippen LogP contribution in [0.1, 0.15) is 49.3 Å². The Morgan fingerprint density at radius 2 is 1.83 bits per heavy atom. The van der Waals surface area contributed by atoms with E-state index < -0.39 is 0 Å². The Kier molecular flexibility index (Phi) is 5.70. The van der Waals surface area contributed by atoms with E-state index in [1.165, 1.54) is 16.7 Å². The number of benzene rings is 2. The van der Waals surface area contributed by atoms with Crippen molar-refractivity contribution in [1.82, 2.24) is 4.98 Å². The molecule has 0 bridgehead atoms. The van der Waals surface area contributed by atoms with E-state index in [-0.39, 0.29) is 0 Å². The van der Waals surface area contributed by atoms with E-state index in [0.717, 1.165) is 36.0 Å². The smallest absolute Gasteiger partial charge is 0.168 e. The Balaban J connectivity index is 1.44. The third-order valence-electron chi connectivity index (χ3n) is 5.32. The fourth-order valence-corrected chi connectivity index (χ4v) is 3.57. The first-order valence-corrected chi connectivity index (χ1v) is 10.3. The number of fused-ring (bicyclic) bond motifs is 1. The summed E-state index contributed by atoms with van der Waals surface area (Å²) in [6.45, 7) is 8.10. The summed E-state index contributed by atoms with van der Waals surface area (Å²) in [7, 11) is 0. The maximum absolute atomic E-state index is 6.07. The number of ether oxygens (including phenoxy) is 2. The lowest BCUT2D eigenvalue weighted by Crippen LogP contribution is -2.19. The van der Waals surface area contributed by atoms with Gasteiger partial charge in [-0.2, -0.15) is 0 Å². The first kappa shape index (κ1) is 19.3. The van der Waals surface area contributed by atoms with Gasteiger partial charge in [0.25, 0.3) is 0 Å². The monoisotopic (exact) mass is 388 g/mol. The molecule has 0 radical (unpaired) electrons. The van der Waals surface area contributed by atoms with Gasteiger partial charge in [0, 0.05) is 6.20 Å². The van der Waals surface area contributed by atoms with Crippen molar-refractivity contribution in [1.29, 1.82) is 0 Å². The SMILES string of the molecule is CC(C)c1ccc(Oc2cccc(C[C@@H](C)c3cnc4c(c3)OCCN4)c2)cc1. The van der Waals surface area contributed by atoms with Gasteiger partial charge < -0.3 is 14.8 Å². The number of nitrogens with one attached hydrogen (secondary N) is 1. The third-order valence-corrected chi connectivity index (χ3v) is 5.32. The van der Waals surface area contributed by atoms with Crippen LogP contribution in [0.2, 0.25) is 0 Å². The molecule has 4 rings (SSSR count). The number of hydrogen-bond donors (Lipinski definition) is 1. The van der Waals surface area contributed by atoms with Gasteiger partial charge in [0.2, 0.25) is 0 Å². The zero-order valence-electron chi connectivity index (χ0n) is 17.3. The molecule has 2 aromatic carbocycles. The minimum Gasteiger partial charge on any atom is -0.488 e. The average Bonchev–Trinajstić information content (AvgIpc) is 2.74. The van der Waals surface area contributed by atoms with Crippen molar-refractivity contribution >= 4 is 5.82 Å². The molecule has 0 aliphatic carbocycles. The van der Waals surface area contributed by atoms with Gasteiger partial charge in [0.15, 0.2) is 11.6 Å². The average molecular weight is 389 g/mol. The lowest BCUT2D eigenvalue weighted by Gasteiger charge is -2.20. The molecule has 0 unspecified atom stereocenters. The first-order valence-electron chi connectivity index (χ1n) is 10.3. The van der Waals surface area contributed by atoms with E-state index in [1.54, 1.807) is 0 Å². The summed E-state index contributed by atoms with van der Waals surface area (Å²) < 4.78 is 11.8. The standard InChI is InChI=1S/C25H28N2O2/c1-17(2)20-7-9-22(10-8-20)29-23-6-4-5-19(14-23)13-18(3)21-15-24-25(27-16-21)26-11-12-28-24/h4-10,14-18H,11-13H2,1-3H3,(H,26,27)/t18-/m1/s1. The second-order valence-corrected chi connectivity index (χ2v) is 7.97. The molecular formula is C25H28N2O2. The molecular weight excluding hydrogens is 360 g/mol. The predicted octanol–water partition coefficient (Wildman–Crippen LogP) is 6.15. The van der Waals surface area contributed by atoms with Crippen molar-refractivity contribution < 1.29 is 9.47 Å². The van der Waals surface area contributed by atoms with Crippen LogP contribution in [0.3, 0.4) is 0 Å². The van der Waals surface area contributed by atoms with Crippen LogP contribution < -0.4 is 14.8 Å².